The van der Waals surface area contributed by atoms with Crippen molar-refractivity contribution in [3.05, 3.63) is 43.6 Å². The monoisotopic (exact) mass is 267 g/mol. The van der Waals surface area contributed by atoms with Crippen molar-refractivity contribution < 1.29 is 0 Å². The molecular formula is C13H21N3O3. The first-order valence-electron chi connectivity index (χ1n) is 6.52. The molecule has 0 aliphatic carbocycles. The van der Waals surface area contributed by atoms with E-state index in [-0.39, 0.29) is 13.1 Å². The molecule has 0 unspecified atom stereocenters. The molecule has 1 aromatic heterocycles. The van der Waals surface area contributed by atoms with E-state index < -0.39 is 17.1 Å². The van der Waals surface area contributed by atoms with Crippen LogP contribution in [0.5, 0.6) is 0 Å². The van der Waals surface area contributed by atoms with Gasteiger partial charge in [0.15, 0.2) is 0 Å². The van der Waals surface area contributed by atoms with Crippen LogP contribution in [0.1, 0.15) is 33.6 Å². The van der Waals surface area contributed by atoms with Gasteiger partial charge in [0.25, 0.3) is 0 Å². The summed E-state index contributed by atoms with van der Waals surface area (Å²) in [5.41, 5.74) is -0.934. The maximum atomic E-state index is 12.2. The summed E-state index contributed by atoms with van der Waals surface area (Å²) < 4.78 is 3.29. The van der Waals surface area contributed by atoms with Gasteiger partial charge in [0.2, 0.25) is 0 Å². The van der Waals surface area contributed by atoms with E-state index in [2.05, 4.69) is 6.58 Å². The SMILES string of the molecule is C=C(C)Cn1c(=O)n(CC)c(=O)n(CCCC)c1=O. The molecule has 0 aliphatic heterocycles. The van der Waals surface area contributed by atoms with Crippen LogP contribution in [0.2, 0.25) is 0 Å². The number of unbranched alkanes of at least 4 members (excludes halogenated alkanes) is 1. The van der Waals surface area contributed by atoms with Gasteiger partial charge in [0, 0.05) is 13.1 Å². The van der Waals surface area contributed by atoms with Gasteiger partial charge < -0.3 is 0 Å². The average molecular weight is 267 g/mol. The van der Waals surface area contributed by atoms with Crippen molar-refractivity contribution in [2.45, 2.75) is 53.2 Å². The van der Waals surface area contributed by atoms with Crippen molar-refractivity contribution in [2.75, 3.05) is 0 Å². The Bertz CT molecular complexity index is 634. The van der Waals surface area contributed by atoms with Crippen molar-refractivity contribution in [3.63, 3.8) is 0 Å². The first kappa shape index (κ1) is 15.2. The summed E-state index contributed by atoms with van der Waals surface area (Å²) in [6, 6.07) is 0. The molecule has 6 heteroatoms. The highest BCUT2D eigenvalue weighted by Gasteiger charge is 2.13. The molecule has 106 valence electrons. The van der Waals surface area contributed by atoms with Gasteiger partial charge in [-0.15, -0.1) is 0 Å². The summed E-state index contributed by atoms with van der Waals surface area (Å²) in [6.45, 7) is 9.87. The zero-order valence-corrected chi connectivity index (χ0v) is 11.8. The first-order chi connectivity index (χ1) is 8.93. The van der Waals surface area contributed by atoms with Crippen LogP contribution < -0.4 is 17.1 Å². The molecule has 0 amide bonds. The molecule has 1 aromatic rings. The second-order valence-electron chi connectivity index (χ2n) is 4.64. The summed E-state index contributed by atoms with van der Waals surface area (Å²) in [7, 11) is 0. The number of nitrogens with zero attached hydrogens (tertiary/aromatic N) is 3. The number of allylic oxidation sites excluding steroid dienone is 1. The highest BCUT2D eigenvalue weighted by atomic mass is 16.2. The molecule has 0 fully saturated rings. The van der Waals surface area contributed by atoms with E-state index in [0.717, 1.165) is 26.5 Å². The van der Waals surface area contributed by atoms with Gasteiger partial charge in [0.1, 0.15) is 0 Å². The Labute approximate surface area is 111 Å². The fourth-order valence-electron chi connectivity index (χ4n) is 1.87. The topological polar surface area (TPSA) is 66.0 Å². The summed E-state index contributed by atoms with van der Waals surface area (Å²) in [5, 5.41) is 0. The fraction of sp³-hybridized carbons (Fsp3) is 0.615. The summed E-state index contributed by atoms with van der Waals surface area (Å²) in [6.07, 6.45) is 1.60. The van der Waals surface area contributed by atoms with Crippen molar-refractivity contribution in [3.8, 4) is 0 Å². The third kappa shape index (κ3) is 3.13. The molecule has 0 bridgehead atoms. The van der Waals surface area contributed by atoms with E-state index in [4.69, 9.17) is 0 Å². The minimum absolute atomic E-state index is 0.143. The van der Waals surface area contributed by atoms with Gasteiger partial charge in [0.05, 0.1) is 6.54 Å². The molecule has 0 radical (unpaired) electrons. The number of rotatable bonds is 6. The van der Waals surface area contributed by atoms with Gasteiger partial charge in [-0.05, 0) is 20.3 Å². The molecule has 0 spiro atoms. The van der Waals surface area contributed by atoms with Gasteiger partial charge in [-0.3, -0.25) is 0 Å². The second kappa shape index (κ2) is 6.36. The Hall–Kier alpha value is -1.85. The van der Waals surface area contributed by atoms with E-state index in [0.29, 0.717) is 12.1 Å². The van der Waals surface area contributed by atoms with Crippen molar-refractivity contribution in [1.82, 2.24) is 13.7 Å². The van der Waals surface area contributed by atoms with Crippen LogP contribution in [0.25, 0.3) is 0 Å². The number of hydrogen-bond donors (Lipinski definition) is 0. The van der Waals surface area contributed by atoms with Crippen LogP contribution in [0.15, 0.2) is 26.5 Å². The molecule has 0 atom stereocenters. The Morgan fingerprint density at radius 2 is 1.53 bits per heavy atom. The lowest BCUT2D eigenvalue weighted by molar-refractivity contribution is 0.456. The summed E-state index contributed by atoms with van der Waals surface area (Å²) in [5.74, 6) is 0. The van der Waals surface area contributed by atoms with Crippen LogP contribution in [0, 0.1) is 0 Å². The van der Waals surface area contributed by atoms with E-state index in [1.807, 2.05) is 6.92 Å². The predicted molar refractivity (Wildman–Crippen MR) is 74.6 cm³/mol. The van der Waals surface area contributed by atoms with Crippen LogP contribution in [0.4, 0.5) is 0 Å². The molecule has 0 N–H and O–H groups in total. The average Bonchev–Trinajstić information content (AvgIpc) is 2.35. The molecule has 0 aromatic carbocycles. The molecular weight excluding hydrogens is 246 g/mol. The van der Waals surface area contributed by atoms with E-state index in [9.17, 15) is 14.4 Å². The molecule has 6 nitrogen and oxygen atoms in total. The normalized spacial score (nSPS) is 10.7. The highest BCUT2D eigenvalue weighted by molar-refractivity contribution is 4.91. The van der Waals surface area contributed by atoms with Crippen LogP contribution in [-0.2, 0) is 19.6 Å². The Balaban J connectivity index is 3.56. The maximum Gasteiger partial charge on any atom is 0.336 e. The lowest BCUT2D eigenvalue weighted by Crippen LogP contribution is -2.54. The smallest absolute Gasteiger partial charge is 0.247 e. The van der Waals surface area contributed by atoms with Crippen molar-refractivity contribution in [2.24, 2.45) is 0 Å². The zero-order chi connectivity index (χ0) is 14.6. The lowest BCUT2D eigenvalue weighted by Gasteiger charge is -2.12. The third-order valence-electron chi connectivity index (χ3n) is 2.86. The lowest BCUT2D eigenvalue weighted by atomic mass is 10.3. The van der Waals surface area contributed by atoms with E-state index in [1.165, 1.54) is 0 Å². The van der Waals surface area contributed by atoms with Crippen LogP contribution in [0.3, 0.4) is 0 Å². The Morgan fingerprint density at radius 1 is 1.00 bits per heavy atom. The quantitative estimate of drug-likeness (QED) is 0.708. The summed E-state index contributed by atoms with van der Waals surface area (Å²) in [4.78, 5) is 36.3. The van der Waals surface area contributed by atoms with E-state index in [1.54, 1.807) is 13.8 Å². The van der Waals surface area contributed by atoms with Crippen molar-refractivity contribution >= 4 is 0 Å². The maximum absolute atomic E-state index is 12.2. The molecule has 19 heavy (non-hydrogen) atoms. The highest BCUT2D eigenvalue weighted by Crippen LogP contribution is 1.90. The van der Waals surface area contributed by atoms with Crippen LogP contribution in [-0.4, -0.2) is 13.7 Å². The number of hydrogen-bond acceptors (Lipinski definition) is 3. The molecule has 1 rings (SSSR count). The summed E-state index contributed by atoms with van der Waals surface area (Å²) >= 11 is 0. The third-order valence-corrected chi connectivity index (χ3v) is 2.86. The van der Waals surface area contributed by atoms with E-state index >= 15 is 0 Å². The first-order valence-corrected chi connectivity index (χ1v) is 6.52. The Morgan fingerprint density at radius 3 is 2.00 bits per heavy atom. The molecule has 0 aliphatic rings. The van der Waals surface area contributed by atoms with Gasteiger partial charge >= 0.3 is 17.1 Å². The second-order valence-corrected chi connectivity index (χ2v) is 4.64. The Kier molecular flexibility index (Phi) is 5.09. The predicted octanol–water partition coefficient (Wildman–Crippen LogP) is 0.568. The fourth-order valence-corrected chi connectivity index (χ4v) is 1.87. The molecule has 0 saturated carbocycles. The number of aromatic nitrogens is 3. The largest absolute Gasteiger partial charge is 0.336 e. The minimum Gasteiger partial charge on any atom is -0.247 e. The standard InChI is InChI=1S/C13H21N3O3/c1-5-7-8-15-11(17)14(6-2)12(18)16(13(15)19)9-10(3)4/h3,5-9H2,1-2,4H3. The zero-order valence-electron chi connectivity index (χ0n) is 11.8. The molecule has 0 saturated heterocycles. The van der Waals surface area contributed by atoms with Crippen molar-refractivity contribution in [1.29, 1.82) is 0 Å². The molecule has 1 heterocycles. The van der Waals surface area contributed by atoms with Gasteiger partial charge in [-0.1, -0.05) is 25.5 Å². The minimum atomic E-state index is -0.562. The van der Waals surface area contributed by atoms with Gasteiger partial charge in [-0.25, -0.2) is 28.1 Å². The van der Waals surface area contributed by atoms with Crippen LogP contribution >= 0.6 is 0 Å². The van der Waals surface area contributed by atoms with Gasteiger partial charge in [-0.2, -0.15) is 0 Å².